The Morgan fingerprint density at radius 3 is 2.92 bits per heavy atom. The fourth-order valence-electron chi connectivity index (χ4n) is 2.90. The quantitative estimate of drug-likeness (QED) is 0.372. The number of nitrogens with zero attached hydrogens (tertiary/aromatic N) is 2. The van der Waals surface area contributed by atoms with E-state index >= 15 is 0 Å². The lowest BCUT2D eigenvalue weighted by molar-refractivity contribution is 0.264. The molecule has 0 radical (unpaired) electrons. The third kappa shape index (κ3) is 5.24. The summed E-state index contributed by atoms with van der Waals surface area (Å²) < 4.78 is 10.6. The Labute approximate surface area is 175 Å². The monoisotopic (exact) mass is 488 g/mol. The Balaban J connectivity index is 0.00000243. The van der Waals surface area contributed by atoms with Crippen LogP contribution in [0.5, 0.6) is 11.5 Å². The average Bonchev–Trinajstić information content (AvgIpc) is 3.09. The molecule has 1 aromatic heterocycles. The Hall–Kier alpha value is -1.52. The number of hydrogen-bond donors (Lipinski definition) is 2. The lowest BCUT2D eigenvalue weighted by Crippen LogP contribution is -2.32. The Kier molecular flexibility index (Phi) is 7.98. The zero-order valence-corrected chi connectivity index (χ0v) is 18.2. The molecule has 0 aliphatic carbocycles. The summed E-state index contributed by atoms with van der Waals surface area (Å²) in [5, 5.41) is 5.27. The number of aliphatic imine (C=N–C) groups is 1. The summed E-state index contributed by atoms with van der Waals surface area (Å²) in [6.07, 6.45) is 1.13. The number of nitrogens with two attached hydrogens (primary N) is 1. The van der Waals surface area contributed by atoms with Crippen LogP contribution in [0.1, 0.15) is 10.4 Å². The molecule has 1 aliphatic heterocycles. The first-order chi connectivity index (χ1) is 12.2. The van der Waals surface area contributed by atoms with Crippen molar-refractivity contribution in [2.75, 3.05) is 39.2 Å². The highest BCUT2D eigenvalue weighted by atomic mass is 127. The van der Waals surface area contributed by atoms with Crippen molar-refractivity contribution in [1.82, 2.24) is 4.90 Å². The molecule has 2 heterocycles. The number of guanidine groups is 1. The SMILES string of the molecule is COc1ccc(OC)c(NC(N)=NCCN2CCc3sccc3C2)c1.I. The van der Waals surface area contributed by atoms with Gasteiger partial charge in [-0.3, -0.25) is 9.89 Å². The number of fused-ring (bicyclic) bond motifs is 1. The summed E-state index contributed by atoms with van der Waals surface area (Å²) in [6, 6.07) is 7.73. The molecule has 142 valence electrons. The number of rotatable bonds is 6. The summed E-state index contributed by atoms with van der Waals surface area (Å²) in [6.45, 7) is 3.64. The van der Waals surface area contributed by atoms with Crippen molar-refractivity contribution >= 4 is 47.0 Å². The molecule has 0 spiro atoms. The van der Waals surface area contributed by atoms with Crippen LogP contribution in [0.15, 0.2) is 34.6 Å². The molecule has 0 unspecified atom stereocenters. The van der Waals surface area contributed by atoms with E-state index in [2.05, 4.69) is 26.7 Å². The van der Waals surface area contributed by atoms with Crippen molar-refractivity contribution in [2.24, 2.45) is 10.7 Å². The smallest absolute Gasteiger partial charge is 0.193 e. The molecule has 0 saturated heterocycles. The van der Waals surface area contributed by atoms with Gasteiger partial charge in [-0.15, -0.1) is 35.3 Å². The largest absolute Gasteiger partial charge is 0.497 e. The second-order valence-electron chi connectivity index (χ2n) is 5.85. The molecule has 6 nitrogen and oxygen atoms in total. The minimum absolute atomic E-state index is 0. The third-order valence-corrected chi connectivity index (χ3v) is 5.28. The molecular formula is C18H25IN4O2S. The molecule has 2 aromatic rings. The fraction of sp³-hybridized carbons (Fsp3) is 0.389. The second kappa shape index (κ2) is 9.98. The summed E-state index contributed by atoms with van der Waals surface area (Å²) in [7, 11) is 3.25. The van der Waals surface area contributed by atoms with Crippen LogP contribution in [0.25, 0.3) is 0 Å². The third-order valence-electron chi connectivity index (χ3n) is 4.25. The molecule has 3 rings (SSSR count). The van der Waals surface area contributed by atoms with Gasteiger partial charge in [0.15, 0.2) is 5.96 Å². The fourth-order valence-corrected chi connectivity index (χ4v) is 3.79. The summed E-state index contributed by atoms with van der Waals surface area (Å²) >= 11 is 1.86. The van der Waals surface area contributed by atoms with Gasteiger partial charge in [-0.1, -0.05) is 0 Å². The van der Waals surface area contributed by atoms with E-state index in [0.29, 0.717) is 18.3 Å². The van der Waals surface area contributed by atoms with Gasteiger partial charge in [0.2, 0.25) is 0 Å². The predicted octanol–water partition coefficient (Wildman–Crippen LogP) is 3.17. The van der Waals surface area contributed by atoms with Crippen LogP contribution in [-0.2, 0) is 13.0 Å². The van der Waals surface area contributed by atoms with Crippen molar-refractivity contribution in [2.45, 2.75) is 13.0 Å². The van der Waals surface area contributed by atoms with Crippen molar-refractivity contribution in [3.63, 3.8) is 0 Å². The van der Waals surface area contributed by atoms with Crippen molar-refractivity contribution in [3.8, 4) is 11.5 Å². The maximum absolute atomic E-state index is 6.02. The van der Waals surface area contributed by atoms with Crippen molar-refractivity contribution in [3.05, 3.63) is 40.1 Å². The van der Waals surface area contributed by atoms with E-state index in [1.165, 1.54) is 10.4 Å². The number of halogens is 1. The van der Waals surface area contributed by atoms with Crippen molar-refractivity contribution < 1.29 is 9.47 Å². The molecule has 0 amide bonds. The maximum atomic E-state index is 6.02. The van der Waals surface area contributed by atoms with Gasteiger partial charge in [-0.05, 0) is 35.6 Å². The predicted molar refractivity (Wildman–Crippen MR) is 118 cm³/mol. The molecule has 0 saturated carbocycles. The molecule has 0 fully saturated rings. The minimum atomic E-state index is 0. The van der Waals surface area contributed by atoms with E-state index < -0.39 is 0 Å². The molecule has 0 atom stereocenters. The van der Waals surface area contributed by atoms with Gasteiger partial charge in [0, 0.05) is 30.6 Å². The summed E-state index contributed by atoms with van der Waals surface area (Å²) in [4.78, 5) is 8.37. The van der Waals surface area contributed by atoms with E-state index in [9.17, 15) is 0 Å². The standard InChI is InChI=1S/C18H24N4O2S.HI/c1-23-14-3-4-16(24-2)15(11-14)21-18(19)20-7-9-22-8-5-17-13(12-22)6-10-25-17;/h3-4,6,10-11H,5,7-9,12H2,1-2H3,(H3,19,20,21);1H. The lowest BCUT2D eigenvalue weighted by atomic mass is 10.1. The number of ether oxygens (including phenoxy) is 2. The van der Waals surface area contributed by atoms with Gasteiger partial charge >= 0.3 is 0 Å². The van der Waals surface area contributed by atoms with Gasteiger partial charge in [-0.2, -0.15) is 0 Å². The molecule has 8 heteroatoms. The molecular weight excluding hydrogens is 463 g/mol. The van der Waals surface area contributed by atoms with Gasteiger partial charge in [-0.25, -0.2) is 0 Å². The van der Waals surface area contributed by atoms with Gasteiger partial charge in [0.05, 0.1) is 26.5 Å². The van der Waals surface area contributed by atoms with Gasteiger partial charge in [0.1, 0.15) is 11.5 Å². The highest BCUT2D eigenvalue weighted by molar-refractivity contribution is 14.0. The number of methoxy groups -OCH3 is 2. The molecule has 26 heavy (non-hydrogen) atoms. The first-order valence-corrected chi connectivity index (χ1v) is 9.14. The van der Waals surface area contributed by atoms with E-state index in [1.54, 1.807) is 14.2 Å². The number of nitrogens with one attached hydrogen (secondary N) is 1. The number of hydrogen-bond acceptors (Lipinski definition) is 5. The first-order valence-electron chi connectivity index (χ1n) is 8.26. The first kappa shape index (κ1) is 20.8. The molecule has 0 bridgehead atoms. The Bertz CT molecular complexity index is 751. The average molecular weight is 488 g/mol. The van der Waals surface area contributed by atoms with Gasteiger partial charge in [0.25, 0.3) is 0 Å². The maximum Gasteiger partial charge on any atom is 0.193 e. The van der Waals surface area contributed by atoms with Crippen LogP contribution in [-0.4, -0.2) is 44.7 Å². The molecule has 1 aromatic carbocycles. The number of anilines is 1. The summed E-state index contributed by atoms with van der Waals surface area (Å²) in [5.74, 6) is 1.80. The Morgan fingerprint density at radius 1 is 1.31 bits per heavy atom. The zero-order chi connectivity index (χ0) is 17.6. The summed E-state index contributed by atoms with van der Waals surface area (Å²) in [5.41, 5.74) is 8.21. The lowest BCUT2D eigenvalue weighted by Gasteiger charge is -2.26. The van der Waals surface area contributed by atoms with E-state index in [-0.39, 0.29) is 24.0 Å². The van der Waals surface area contributed by atoms with Gasteiger partial charge < -0.3 is 20.5 Å². The second-order valence-corrected chi connectivity index (χ2v) is 6.85. The molecule has 3 N–H and O–H groups in total. The minimum Gasteiger partial charge on any atom is -0.497 e. The van der Waals surface area contributed by atoms with Crippen LogP contribution >= 0.6 is 35.3 Å². The van der Waals surface area contributed by atoms with E-state index in [1.807, 2.05) is 29.5 Å². The van der Waals surface area contributed by atoms with Crippen LogP contribution in [0.3, 0.4) is 0 Å². The highest BCUT2D eigenvalue weighted by Gasteiger charge is 2.16. The highest BCUT2D eigenvalue weighted by Crippen LogP contribution is 2.28. The normalized spacial score (nSPS) is 14.3. The van der Waals surface area contributed by atoms with Crippen molar-refractivity contribution in [1.29, 1.82) is 0 Å². The topological polar surface area (TPSA) is 72.1 Å². The van der Waals surface area contributed by atoms with Crippen LogP contribution < -0.4 is 20.5 Å². The van der Waals surface area contributed by atoms with Crippen LogP contribution in [0.4, 0.5) is 5.69 Å². The number of benzene rings is 1. The van der Waals surface area contributed by atoms with E-state index in [4.69, 9.17) is 15.2 Å². The van der Waals surface area contributed by atoms with Crippen LogP contribution in [0.2, 0.25) is 0 Å². The van der Waals surface area contributed by atoms with Crippen LogP contribution in [0, 0.1) is 0 Å². The Morgan fingerprint density at radius 2 is 2.15 bits per heavy atom. The zero-order valence-electron chi connectivity index (χ0n) is 15.0. The van der Waals surface area contributed by atoms with E-state index in [0.717, 1.165) is 37.5 Å². The molecule has 1 aliphatic rings. The number of thiophene rings is 1.